The summed E-state index contributed by atoms with van der Waals surface area (Å²) in [6.07, 6.45) is 0. The number of hydrogen-bond acceptors (Lipinski definition) is 2. The van der Waals surface area contributed by atoms with Gasteiger partial charge in [0.1, 0.15) is 0 Å². The molecule has 1 aliphatic rings. The summed E-state index contributed by atoms with van der Waals surface area (Å²) in [6, 6.07) is 42.0. The summed E-state index contributed by atoms with van der Waals surface area (Å²) < 4.78 is 13.3. The van der Waals surface area contributed by atoms with Crippen LogP contribution in [0.4, 0.5) is 0 Å². The van der Waals surface area contributed by atoms with Gasteiger partial charge in [-0.1, -0.05) is 109 Å². The number of rotatable bonds is 2. The molecule has 0 spiro atoms. The third-order valence-corrected chi connectivity index (χ3v) is 9.49. The van der Waals surface area contributed by atoms with Gasteiger partial charge in [0.2, 0.25) is 0 Å². The summed E-state index contributed by atoms with van der Waals surface area (Å²) >= 11 is 0. The lowest BCUT2D eigenvalue weighted by molar-refractivity contribution is 0.00578. The zero-order valence-electron chi connectivity index (χ0n) is 23.9. The van der Waals surface area contributed by atoms with Crippen LogP contribution in [0, 0.1) is 0 Å². The summed E-state index contributed by atoms with van der Waals surface area (Å²) in [5.41, 5.74) is 2.73. The van der Waals surface area contributed by atoms with Crippen molar-refractivity contribution in [2.24, 2.45) is 0 Å². The molecule has 1 fully saturated rings. The van der Waals surface area contributed by atoms with Gasteiger partial charge >= 0.3 is 7.12 Å². The van der Waals surface area contributed by atoms with Crippen molar-refractivity contribution in [3.63, 3.8) is 0 Å². The molecule has 0 saturated carbocycles. The van der Waals surface area contributed by atoms with Gasteiger partial charge in [-0.25, -0.2) is 0 Å². The Morgan fingerprint density at radius 2 is 0.780 bits per heavy atom. The second-order valence-corrected chi connectivity index (χ2v) is 12.3. The highest BCUT2D eigenvalue weighted by Crippen LogP contribution is 2.43. The topological polar surface area (TPSA) is 18.5 Å². The van der Waals surface area contributed by atoms with Gasteiger partial charge in [0.05, 0.1) is 11.2 Å². The summed E-state index contributed by atoms with van der Waals surface area (Å²) in [5.74, 6) is 0. The number of hydrogen-bond donors (Lipinski definition) is 0. The van der Waals surface area contributed by atoms with Gasteiger partial charge in [0.15, 0.2) is 0 Å². The molecule has 8 rings (SSSR count). The SMILES string of the molecule is CC1(C)OB(c2c3ccccc3c(-c3ccc4c5ccccc5c5ccccc5c4c3)c3ccccc23)OC1(C)C. The molecular formula is C38H31BO2. The van der Waals surface area contributed by atoms with Crippen LogP contribution in [0.1, 0.15) is 27.7 Å². The van der Waals surface area contributed by atoms with E-state index in [2.05, 4.69) is 143 Å². The molecule has 0 aromatic heterocycles. The molecule has 7 aromatic rings. The molecule has 41 heavy (non-hydrogen) atoms. The van der Waals surface area contributed by atoms with Crippen molar-refractivity contribution in [2.75, 3.05) is 0 Å². The lowest BCUT2D eigenvalue weighted by Crippen LogP contribution is -2.41. The molecule has 0 N–H and O–H groups in total. The average Bonchev–Trinajstić information content (AvgIpc) is 3.21. The maximum Gasteiger partial charge on any atom is 0.496 e. The Labute approximate surface area is 240 Å². The Balaban J connectivity index is 1.46. The van der Waals surface area contributed by atoms with E-state index in [1.807, 2.05) is 0 Å². The average molecular weight is 530 g/mol. The van der Waals surface area contributed by atoms with Gasteiger partial charge in [-0.2, -0.15) is 0 Å². The zero-order valence-corrected chi connectivity index (χ0v) is 23.9. The minimum absolute atomic E-state index is 0.416. The Kier molecular flexibility index (Phi) is 5.20. The molecule has 0 aliphatic carbocycles. The standard InChI is InChI=1S/C38H31BO2/c1-37(2)38(3,4)41-39(40-37)36-32-19-11-9-17-30(32)35(31-18-10-12-20-33(31)36)24-21-22-29-27-15-6-5-13-25(27)26-14-7-8-16-28(26)34(29)23-24/h5-23H,1-4H3. The zero-order chi connectivity index (χ0) is 27.9. The maximum absolute atomic E-state index is 6.64. The molecular weight excluding hydrogens is 499 g/mol. The minimum Gasteiger partial charge on any atom is -0.399 e. The van der Waals surface area contributed by atoms with Crippen LogP contribution >= 0.6 is 0 Å². The van der Waals surface area contributed by atoms with Crippen LogP contribution in [0.3, 0.4) is 0 Å². The minimum atomic E-state index is -0.448. The fraction of sp³-hybridized carbons (Fsp3) is 0.158. The molecule has 1 saturated heterocycles. The molecule has 2 nitrogen and oxygen atoms in total. The van der Waals surface area contributed by atoms with Crippen molar-refractivity contribution in [1.29, 1.82) is 0 Å². The highest BCUT2D eigenvalue weighted by Gasteiger charge is 2.52. The van der Waals surface area contributed by atoms with Gasteiger partial charge in [0.25, 0.3) is 0 Å². The van der Waals surface area contributed by atoms with Gasteiger partial charge < -0.3 is 9.31 Å². The Morgan fingerprint density at radius 1 is 0.415 bits per heavy atom. The van der Waals surface area contributed by atoms with Crippen molar-refractivity contribution < 1.29 is 9.31 Å². The van der Waals surface area contributed by atoms with Crippen LogP contribution in [-0.2, 0) is 9.31 Å². The van der Waals surface area contributed by atoms with E-state index in [1.165, 1.54) is 65.0 Å². The predicted octanol–water partition coefficient (Wildman–Crippen LogP) is 9.42. The van der Waals surface area contributed by atoms with Crippen LogP contribution in [0.2, 0.25) is 0 Å². The lowest BCUT2D eigenvalue weighted by atomic mass is 9.71. The maximum atomic E-state index is 6.64. The van der Waals surface area contributed by atoms with Crippen molar-refractivity contribution in [1.82, 2.24) is 0 Å². The summed E-state index contributed by atoms with van der Waals surface area (Å²) in [7, 11) is -0.448. The van der Waals surface area contributed by atoms with E-state index < -0.39 is 18.3 Å². The Hall–Kier alpha value is -4.18. The molecule has 7 aromatic carbocycles. The lowest BCUT2D eigenvalue weighted by Gasteiger charge is -2.32. The molecule has 0 bridgehead atoms. The van der Waals surface area contributed by atoms with Crippen molar-refractivity contribution in [2.45, 2.75) is 38.9 Å². The van der Waals surface area contributed by atoms with E-state index in [4.69, 9.17) is 9.31 Å². The highest BCUT2D eigenvalue weighted by molar-refractivity contribution is 6.69. The Morgan fingerprint density at radius 3 is 1.24 bits per heavy atom. The summed E-state index contributed by atoms with van der Waals surface area (Å²) in [6.45, 7) is 8.48. The smallest absolute Gasteiger partial charge is 0.399 e. The van der Waals surface area contributed by atoms with E-state index in [0.717, 1.165) is 5.46 Å². The molecule has 198 valence electrons. The van der Waals surface area contributed by atoms with Crippen LogP contribution < -0.4 is 5.46 Å². The first kappa shape index (κ1) is 24.6. The van der Waals surface area contributed by atoms with E-state index in [0.29, 0.717) is 0 Å². The van der Waals surface area contributed by atoms with E-state index in [1.54, 1.807) is 0 Å². The first-order valence-corrected chi connectivity index (χ1v) is 14.5. The van der Waals surface area contributed by atoms with Crippen LogP contribution in [0.5, 0.6) is 0 Å². The molecule has 3 heteroatoms. The van der Waals surface area contributed by atoms with Crippen molar-refractivity contribution in [3.8, 4) is 11.1 Å². The largest absolute Gasteiger partial charge is 0.496 e. The van der Waals surface area contributed by atoms with Crippen LogP contribution in [0.25, 0.3) is 65.0 Å². The van der Waals surface area contributed by atoms with Gasteiger partial charge in [-0.15, -0.1) is 0 Å². The fourth-order valence-electron chi connectivity index (χ4n) is 6.75. The van der Waals surface area contributed by atoms with E-state index in [-0.39, 0.29) is 0 Å². The van der Waals surface area contributed by atoms with Gasteiger partial charge in [-0.3, -0.25) is 0 Å². The monoisotopic (exact) mass is 530 g/mol. The molecule has 0 amide bonds. The summed E-state index contributed by atoms with van der Waals surface area (Å²) in [4.78, 5) is 0. The van der Waals surface area contributed by atoms with Crippen LogP contribution in [-0.4, -0.2) is 18.3 Å². The predicted molar refractivity (Wildman–Crippen MR) is 175 cm³/mol. The third kappa shape index (κ3) is 3.53. The third-order valence-electron chi connectivity index (χ3n) is 9.49. The Bertz CT molecular complexity index is 2070. The second kappa shape index (κ2) is 8.66. The molecule has 0 unspecified atom stereocenters. The number of fused-ring (bicyclic) bond motifs is 8. The molecule has 0 radical (unpaired) electrons. The van der Waals surface area contributed by atoms with Crippen molar-refractivity contribution >= 4 is 66.4 Å². The molecule has 1 heterocycles. The van der Waals surface area contributed by atoms with Gasteiger partial charge in [-0.05, 0) is 104 Å². The first-order valence-electron chi connectivity index (χ1n) is 14.5. The molecule has 0 atom stereocenters. The quantitative estimate of drug-likeness (QED) is 0.126. The van der Waals surface area contributed by atoms with E-state index in [9.17, 15) is 0 Å². The van der Waals surface area contributed by atoms with Crippen molar-refractivity contribution in [3.05, 3.63) is 115 Å². The van der Waals surface area contributed by atoms with Crippen LogP contribution in [0.15, 0.2) is 115 Å². The number of benzene rings is 7. The van der Waals surface area contributed by atoms with E-state index >= 15 is 0 Å². The normalized spacial score (nSPS) is 16.4. The fourth-order valence-corrected chi connectivity index (χ4v) is 6.75. The summed E-state index contributed by atoms with van der Waals surface area (Å²) in [5, 5.41) is 12.5. The highest BCUT2D eigenvalue weighted by atomic mass is 16.7. The second-order valence-electron chi connectivity index (χ2n) is 12.3. The molecule has 1 aliphatic heterocycles. The van der Waals surface area contributed by atoms with Gasteiger partial charge in [0, 0.05) is 0 Å². The first-order chi connectivity index (χ1) is 19.8.